The van der Waals surface area contributed by atoms with Crippen LogP contribution < -0.4 is 0 Å². The third-order valence-electron chi connectivity index (χ3n) is 9.64. The maximum Gasteiger partial charge on any atom is 0.164 e. The fourth-order valence-corrected chi connectivity index (χ4v) is 6.94. The maximum atomic E-state index is 6.45. The lowest BCUT2D eigenvalue weighted by Gasteiger charge is -2.14. The summed E-state index contributed by atoms with van der Waals surface area (Å²) >= 11 is 0. The van der Waals surface area contributed by atoms with Crippen molar-refractivity contribution in [3.63, 3.8) is 0 Å². The zero-order valence-electron chi connectivity index (χ0n) is 28.3. The standard InChI is InChI=1S/C47H33N3O/c1-30-21-23-35(32-13-6-3-7-14-32)27-39(30)40-28-36(24-22-31(40)2)37-25-26-42-41(29-37)44-38(19-12-20-43(44)51-42)47-49-45(33-15-8-4-9-16-33)48-46(50-47)34-17-10-5-11-18-34/h3-29H,1-2H3. The lowest BCUT2D eigenvalue weighted by molar-refractivity contribution is 0.669. The number of aromatic nitrogens is 3. The van der Waals surface area contributed by atoms with E-state index in [1.807, 2.05) is 72.8 Å². The Labute approximate surface area is 296 Å². The SMILES string of the molecule is Cc1ccc(-c2ccccc2)cc1-c1cc(-c2ccc3oc4cccc(-c5nc(-c6ccccc6)nc(-c6ccccc6)n5)c4c3c2)ccc1C. The van der Waals surface area contributed by atoms with Gasteiger partial charge in [0.15, 0.2) is 17.5 Å². The molecule has 0 N–H and O–H groups in total. The van der Waals surface area contributed by atoms with Crippen LogP contribution in [0.3, 0.4) is 0 Å². The van der Waals surface area contributed by atoms with E-state index in [0.717, 1.165) is 49.8 Å². The van der Waals surface area contributed by atoms with E-state index in [-0.39, 0.29) is 0 Å². The summed E-state index contributed by atoms with van der Waals surface area (Å²) in [5.41, 5.74) is 14.0. The molecule has 0 aliphatic carbocycles. The number of hydrogen-bond acceptors (Lipinski definition) is 4. The molecule has 0 atom stereocenters. The van der Waals surface area contributed by atoms with Gasteiger partial charge in [-0.1, -0.05) is 133 Å². The largest absolute Gasteiger partial charge is 0.456 e. The quantitative estimate of drug-likeness (QED) is 0.179. The van der Waals surface area contributed by atoms with Gasteiger partial charge in [-0.15, -0.1) is 0 Å². The van der Waals surface area contributed by atoms with Gasteiger partial charge in [0.05, 0.1) is 0 Å². The molecule has 0 aliphatic rings. The predicted molar refractivity (Wildman–Crippen MR) is 209 cm³/mol. The molecule has 0 aliphatic heterocycles. The summed E-state index contributed by atoms with van der Waals surface area (Å²) in [5, 5.41) is 2.00. The molecule has 4 nitrogen and oxygen atoms in total. The van der Waals surface area contributed by atoms with Crippen molar-refractivity contribution in [2.75, 3.05) is 0 Å². The minimum atomic E-state index is 0.604. The van der Waals surface area contributed by atoms with Gasteiger partial charge in [-0.3, -0.25) is 0 Å². The number of hydrogen-bond donors (Lipinski definition) is 0. The Morgan fingerprint density at radius 1 is 0.353 bits per heavy atom. The van der Waals surface area contributed by atoms with E-state index >= 15 is 0 Å². The molecule has 2 heterocycles. The normalized spacial score (nSPS) is 11.3. The second-order valence-electron chi connectivity index (χ2n) is 13.0. The van der Waals surface area contributed by atoms with E-state index in [0.29, 0.717) is 17.5 Å². The van der Waals surface area contributed by atoms with Crippen LogP contribution >= 0.6 is 0 Å². The third-order valence-corrected chi connectivity index (χ3v) is 9.64. The van der Waals surface area contributed by atoms with Crippen LogP contribution in [0, 0.1) is 13.8 Å². The van der Waals surface area contributed by atoms with Gasteiger partial charge in [-0.25, -0.2) is 15.0 Å². The van der Waals surface area contributed by atoms with Crippen LogP contribution in [-0.4, -0.2) is 15.0 Å². The highest BCUT2D eigenvalue weighted by molar-refractivity contribution is 6.12. The molecular formula is C47H33N3O. The van der Waals surface area contributed by atoms with Crippen molar-refractivity contribution in [3.05, 3.63) is 175 Å². The predicted octanol–water partition coefficient (Wildman–Crippen LogP) is 12.4. The van der Waals surface area contributed by atoms with Gasteiger partial charge >= 0.3 is 0 Å². The molecule has 51 heavy (non-hydrogen) atoms. The highest BCUT2D eigenvalue weighted by atomic mass is 16.3. The molecule has 2 aromatic heterocycles. The molecule has 4 heteroatoms. The molecule has 0 saturated carbocycles. The Morgan fingerprint density at radius 3 is 1.43 bits per heavy atom. The highest BCUT2D eigenvalue weighted by Gasteiger charge is 2.19. The van der Waals surface area contributed by atoms with Crippen molar-refractivity contribution in [2.24, 2.45) is 0 Å². The first-order chi connectivity index (χ1) is 25.1. The van der Waals surface area contributed by atoms with E-state index in [9.17, 15) is 0 Å². The van der Waals surface area contributed by atoms with Crippen molar-refractivity contribution in [1.82, 2.24) is 15.0 Å². The van der Waals surface area contributed by atoms with Crippen molar-refractivity contribution in [2.45, 2.75) is 13.8 Å². The van der Waals surface area contributed by atoms with E-state index in [4.69, 9.17) is 19.4 Å². The van der Waals surface area contributed by atoms with Crippen molar-refractivity contribution < 1.29 is 4.42 Å². The second-order valence-corrected chi connectivity index (χ2v) is 13.0. The number of nitrogens with zero attached hydrogens (tertiary/aromatic N) is 3. The van der Waals surface area contributed by atoms with E-state index in [1.165, 1.54) is 33.4 Å². The first-order valence-corrected chi connectivity index (χ1v) is 17.2. The number of fused-ring (bicyclic) bond motifs is 3. The molecule has 9 rings (SSSR count). The average Bonchev–Trinajstić information content (AvgIpc) is 3.57. The Balaban J connectivity index is 1.19. The van der Waals surface area contributed by atoms with Crippen molar-refractivity contribution >= 4 is 21.9 Å². The number of rotatable bonds is 6. The van der Waals surface area contributed by atoms with Crippen LogP contribution in [0.2, 0.25) is 0 Å². The molecule has 9 aromatic rings. The van der Waals surface area contributed by atoms with Gasteiger partial charge in [0, 0.05) is 27.5 Å². The Bertz CT molecular complexity index is 2640. The number of benzene rings is 7. The fraction of sp³-hybridized carbons (Fsp3) is 0.0426. The summed E-state index contributed by atoms with van der Waals surface area (Å²) in [7, 11) is 0. The summed E-state index contributed by atoms with van der Waals surface area (Å²) in [6, 6.07) is 56.8. The molecule has 0 radical (unpaired) electrons. The molecule has 0 saturated heterocycles. The van der Waals surface area contributed by atoms with Gasteiger partial charge in [-0.05, 0) is 88.7 Å². The van der Waals surface area contributed by atoms with Crippen LogP contribution in [0.4, 0.5) is 0 Å². The molecule has 0 spiro atoms. The molecule has 7 aromatic carbocycles. The Hall–Kier alpha value is -6.65. The van der Waals surface area contributed by atoms with E-state index in [2.05, 4.69) is 105 Å². The molecule has 0 fully saturated rings. The minimum Gasteiger partial charge on any atom is -0.456 e. The Morgan fingerprint density at radius 2 is 0.843 bits per heavy atom. The fourth-order valence-electron chi connectivity index (χ4n) is 6.94. The van der Waals surface area contributed by atoms with Crippen LogP contribution in [0.15, 0.2) is 168 Å². The number of aryl methyl sites for hydroxylation is 2. The molecular weight excluding hydrogens is 623 g/mol. The Kier molecular flexibility index (Phi) is 7.55. The average molecular weight is 656 g/mol. The zero-order chi connectivity index (χ0) is 34.3. The summed E-state index contributed by atoms with van der Waals surface area (Å²) < 4.78 is 6.45. The van der Waals surface area contributed by atoms with Crippen LogP contribution in [0.25, 0.3) is 89.5 Å². The molecule has 242 valence electrons. The zero-order valence-corrected chi connectivity index (χ0v) is 28.3. The van der Waals surface area contributed by atoms with Crippen LogP contribution in [0.1, 0.15) is 11.1 Å². The van der Waals surface area contributed by atoms with Gasteiger partial charge < -0.3 is 4.42 Å². The van der Waals surface area contributed by atoms with E-state index in [1.54, 1.807) is 0 Å². The summed E-state index contributed by atoms with van der Waals surface area (Å²) in [6.45, 7) is 4.38. The lowest BCUT2D eigenvalue weighted by atomic mass is 9.90. The maximum absolute atomic E-state index is 6.45. The van der Waals surface area contributed by atoms with Crippen molar-refractivity contribution in [1.29, 1.82) is 0 Å². The third kappa shape index (κ3) is 5.67. The summed E-state index contributed by atoms with van der Waals surface area (Å²) in [5.74, 6) is 1.86. The van der Waals surface area contributed by atoms with Gasteiger partial charge in [0.1, 0.15) is 11.2 Å². The van der Waals surface area contributed by atoms with Crippen molar-refractivity contribution in [3.8, 4) is 67.5 Å². The molecule has 0 amide bonds. The van der Waals surface area contributed by atoms with Gasteiger partial charge in [0.2, 0.25) is 0 Å². The van der Waals surface area contributed by atoms with Gasteiger partial charge in [-0.2, -0.15) is 0 Å². The topological polar surface area (TPSA) is 51.8 Å². The van der Waals surface area contributed by atoms with E-state index < -0.39 is 0 Å². The highest BCUT2D eigenvalue weighted by Crippen LogP contribution is 2.40. The van der Waals surface area contributed by atoms with Gasteiger partial charge in [0.25, 0.3) is 0 Å². The lowest BCUT2D eigenvalue weighted by Crippen LogP contribution is -2.00. The molecule has 0 bridgehead atoms. The smallest absolute Gasteiger partial charge is 0.164 e. The molecule has 0 unspecified atom stereocenters. The van der Waals surface area contributed by atoms with Crippen LogP contribution in [-0.2, 0) is 0 Å². The minimum absolute atomic E-state index is 0.604. The summed E-state index contributed by atoms with van der Waals surface area (Å²) in [4.78, 5) is 15.0. The first kappa shape index (κ1) is 30.4. The first-order valence-electron chi connectivity index (χ1n) is 17.2. The second kappa shape index (κ2) is 12.7. The summed E-state index contributed by atoms with van der Waals surface area (Å²) in [6.07, 6.45) is 0. The number of furan rings is 1. The monoisotopic (exact) mass is 655 g/mol. The van der Waals surface area contributed by atoms with Crippen LogP contribution in [0.5, 0.6) is 0 Å².